The van der Waals surface area contributed by atoms with E-state index in [1.807, 2.05) is 0 Å². The van der Waals surface area contributed by atoms with Gasteiger partial charge in [-0.25, -0.2) is 0 Å². The molecule has 2 aliphatic carbocycles. The van der Waals surface area contributed by atoms with Crippen LogP contribution in [-0.4, -0.2) is 9.52 Å². The maximum Gasteiger partial charge on any atom is -1.00 e. The Morgan fingerprint density at radius 3 is 1.90 bits per heavy atom. The molecule has 0 saturated carbocycles. The van der Waals surface area contributed by atoms with Crippen molar-refractivity contribution in [3.05, 3.63) is 74.2 Å². The molecule has 0 N–H and O–H groups in total. The van der Waals surface area contributed by atoms with Crippen LogP contribution in [0.15, 0.2) is 63.1 Å². The van der Waals surface area contributed by atoms with Crippen molar-refractivity contribution in [2.24, 2.45) is 11.3 Å². The van der Waals surface area contributed by atoms with E-state index in [0.29, 0.717) is 5.92 Å². The third-order valence-corrected chi connectivity index (χ3v) is 11.9. The van der Waals surface area contributed by atoms with Crippen molar-refractivity contribution < 1.29 is 57.7 Å². The van der Waals surface area contributed by atoms with Crippen LogP contribution in [0.25, 0.3) is 0 Å². The van der Waals surface area contributed by atoms with Crippen LogP contribution in [0, 0.1) is 25.2 Å². The van der Waals surface area contributed by atoms with E-state index < -0.39 is 9.52 Å². The summed E-state index contributed by atoms with van der Waals surface area (Å²) in [7, 11) is -0.531. The van der Waals surface area contributed by atoms with E-state index in [1.165, 1.54) is 24.0 Å². The van der Waals surface area contributed by atoms with Crippen molar-refractivity contribution in [1.82, 2.24) is 0 Å². The van der Waals surface area contributed by atoms with Gasteiger partial charge in [0.1, 0.15) is 0 Å². The van der Waals surface area contributed by atoms with Gasteiger partial charge < -0.3 is 37.2 Å². The summed E-state index contributed by atoms with van der Waals surface area (Å²) < 4.78 is 1.65. The second-order valence-corrected chi connectivity index (χ2v) is 12.7. The van der Waals surface area contributed by atoms with Gasteiger partial charge in [0.05, 0.1) is 0 Å². The summed E-state index contributed by atoms with van der Waals surface area (Å²) in [5.74, 6) is 0.639. The quantitative estimate of drug-likeness (QED) is 0.357. The minimum atomic E-state index is -0.531. The van der Waals surface area contributed by atoms with Crippen LogP contribution in [0.2, 0.25) is 5.04 Å². The third kappa shape index (κ3) is 5.92. The Morgan fingerprint density at radius 2 is 1.48 bits per heavy atom. The molecule has 168 valence electrons. The molecule has 2 aliphatic rings. The molecule has 3 rings (SSSR count). The van der Waals surface area contributed by atoms with Gasteiger partial charge in [-0.05, 0) is 0 Å². The molecule has 0 nitrogen and oxygen atoms in total. The van der Waals surface area contributed by atoms with Crippen molar-refractivity contribution >= 4 is 14.7 Å². The minimum absolute atomic E-state index is 0. The van der Waals surface area contributed by atoms with Gasteiger partial charge in [-0.2, -0.15) is 0 Å². The fourth-order valence-electron chi connectivity index (χ4n) is 5.40. The largest absolute Gasteiger partial charge is 1.00 e. The maximum atomic E-state index is 2.53. The van der Waals surface area contributed by atoms with Gasteiger partial charge in [0.25, 0.3) is 0 Å². The Bertz CT molecular complexity index is 867. The smallest absolute Gasteiger partial charge is 1.00 e. The first-order valence-electron chi connectivity index (χ1n) is 10.6. The van der Waals surface area contributed by atoms with Gasteiger partial charge in [0.15, 0.2) is 0 Å². The topological polar surface area (TPSA) is 0 Å². The molecule has 0 spiro atoms. The number of allylic oxidation sites excluding steroid dienone is 8. The summed E-state index contributed by atoms with van der Waals surface area (Å²) in [6.07, 6.45) is 11.9. The van der Waals surface area contributed by atoms with E-state index in [0.717, 1.165) is 0 Å². The average Bonchev–Trinajstić information content (AvgIpc) is 2.78. The predicted octanol–water partition coefficient (Wildman–Crippen LogP) is -3.01. The number of hydrogen-bond acceptors (Lipinski definition) is 0. The summed E-state index contributed by atoms with van der Waals surface area (Å²) in [6, 6.07) is 7.23. The van der Waals surface area contributed by atoms with Gasteiger partial charge in [0.2, 0.25) is 0 Å². The molecular formula is C26H35Cl3SiTi. The normalized spacial score (nSPS) is 25.2. The standard InChI is InChI=1S/C26H35Si.3ClH.Ti/c1-18(2)25(11-9-8-10-12-25)17-26(16-21(5)22(6)23(26)7)27-24-14-19(3)13-20(4)15-24;;;;/h8-11,13-15,18H,12,17,27H2,1-7H3;3*1H;/q;;;;+3/p-3. The van der Waals surface area contributed by atoms with Crippen molar-refractivity contribution in [2.75, 3.05) is 0 Å². The van der Waals surface area contributed by atoms with E-state index >= 15 is 0 Å². The summed E-state index contributed by atoms with van der Waals surface area (Å²) in [4.78, 5) is 0. The fraction of sp³-hybridized carbons (Fsp3) is 0.462. The Balaban J connectivity index is 0.00000300. The van der Waals surface area contributed by atoms with Crippen LogP contribution in [0.3, 0.4) is 0 Å². The monoisotopic (exact) mass is 528 g/mol. The SMILES string of the molecule is CC1=C(C)C(CC2(C(C)C)C=CC=CC2)([SiH2]c2cc(C)cc(C)c2)[C]([Ti+3])=C1C.[Cl-].[Cl-].[Cl-]. The zero-order valence-corrected chi connectivity index (χ0v) is 25.1. The van der Waals surface area contributed by atoms with Crippen molar-refractivity contribution in [3.8, 4) is 0 Å². The average molecular weight is 530 g/mol. The number of benzene rings is 1. The van der Waals surface area contributed by atoms with Crippen LogP contribution in [-0.2, 0) is 20.4 Å². The van der Waals surface area contributed by atoms with Crippen LogP contribution >= 0.6 is 0 Å². The van der Waals surface area contributed by atoms with Crippen molar-refractivity contribution in [1.29, 1.82) is 0 Å². The van der Waals surface area contributed by atoms with Crippen LogP contribution in [0.5, 0.6) is 0 Å². The molecule has 1 aromatic rings. The van der Waals surface area contributed by atoms with Crippen molar-refractivity contribution in [2.45, 2.75) is 66.3 Å². The van der Waals surface area contributed by atoms with Crippen LogP contribution in [0.1, 0.15) is 58.6 Å². The molecule has 0 saturated heterocycles. The Labute approximate surface area is 223 Å². The molecule has 0 fully saturated rings. The molecule has 5 heteroatoms. The van der Waals surface area contributed by atoms with E-state index in [9.17, 15) is 0 Å². The number of aryl methyl sites for hydroxylation is 2. The van der Waals surface area contributed by atoms with Gasteiger partial charge >= 0.3 is 187 Å². The zero-order valence-electron chi connectivity index (χ0n) is 19.9. The molecule has 0 heterocycles. The summed E-state index contributed by atoms with van der Waals surface area (Å²) in [5, 5.41) is 1.88. The second kappa shape index (κ2) is 11.9. The molecule has 0 radical (unpaired) electrons. The summed E-state index contributed by atoms with van der Waals surface area (Å²) in [5.41, 5.74) is 7.81. The fourth-order valence-corrected chi connectivity index (χ4v) is 9.65. The molecule has 2 unspecified atom stereocenters. The zero-order chi connectivity index (χ0) is 20.7. The first-order chi connectivity index (χ1) is 13.1. The number of rotatable bonds is 5. The van der Waals surface area contributed by atoms with Gasteiger partial charge in [-0.1, -0.05) is 0 Å². The molecular weight excluding hydrogens is 495 g/mol. The predicted molar refractivity (Wildman–Crippen MR) is 123 cm³/mol. The Hall–Kier alpha value is -0.0188. The minimum Gasteiger partial charge on any atom is -1.00 e. The number of hydrogen-bond donors (Lipinski definition) is 0. The Kier molecular flexibility index (Phi) is 11.9. The van der Waals surface area contributed by atoms with E-state index in [2.05, 4.69) is 111 Å². The van der Waals surface area contributed by atoms with Gasteiger partial charge in [0, 0.05) is 0 Å². The van der Waals surface area contributed by atoms with Crippen molar-refractivity contribution in [3.63, 3.8) is 0 Å². The van der Waals surface area contributed by atoms with Gasteiger partial charge in [-0.15, -0.1) is 0 Å². The molecule has 0 bridgehead atoms. The van der Waals surface area contributed by atoms with E-state index in [-0.39, 0.29) is 47.7 Å². The summed E-state index contributed by atoms with van der Waals surface area (Å²) in [6.45, 7) is 16.5. The molecule has 1 aromatic carbocycles. The van der Waals surface area contributed by atoms with E-state index in [1.54, 1.807) is 25.8 Å². The van der Waals surface area contributed by atoms with Gasteiger partial charge in [-0.3, -0.25) is 0 Å². The maximum absolute atomic E-state index is 2.53. The Morgan fingerprint density at radius 1 is 0.903 bits per heavy atom. The second-order valence-electron chi connectivity index (χ2n) is 9.56. The summed E-state index contributed by atoms with van der Waals surface area (Å²) >= 11 is 2.43. The first kappa shape index (κ1) is 31.0. The molecule has 0 aliphatic heterocycles. The molecule has 0 aromatic heterocycles. The molecule has 0 amide bonds. The van der Waals surface area contributed by atoms with E-state index in [4.69, 9.17) is 0 Å². The first-order valence-corrected chi connectivity index (χ1v) is 12.8. The number of halogens is 3. The van der Waals surface area contributed by atoms with Crippen LogP contribution < -0.4 is 42.4 Å². The third-order valence-electron chi connectivity index (χ3n) is 7.44. The molecule has 2 atom stereocenters. The van der Waals surface area contributed by atoms with Crippen LogP contribution in [0.4, 0.5) is 0 Å². The molecule has 31 heavy (non-hydrogen) atoms.